The van der Waals surface area contributed by atoms with Crippen molar-refractivity contribution in [1.82, 2.24) is 25.5 Å². The first-order valence-corrected chi connectivity index (χ1v) is 16.0. The molecule has 0 saturated carbocycles. The van der Waals surface area contributed by atoms with E-state index in [0.29, 0.717) is 89.4 Å². The number of rotatable bonds is 11. The Morgan fingerprint density at radius 3 is 2.65 bits per heavy atom. The molecule has 1 amide bonds. The first-order valence-electron chi connectivity index (χ1n) is 15.2. The minimum Gasteiger partial charge on any atom is -0.496 e. The standard InChI is InChI=1S/C34H35Cl2FN6O3/c1-46-28-15-20(5-6-21(28)16-38-17-23-7-8-29(45)41-23)33-31(36)26(10-13-39-33)25-3-2-4-27(30(25)35)42-34-32(37)22(9-12-40-34)18-43-14-11-24(44)19-43/h2-6,9-10,12-13,15,23-24,38,44H,7-8,11,14,16-19H2,1H3,(H,40,42)(H,41,45)/t23-,24+/m0/s1. The molecule has 2 atom stereocenters. The number of carbonyl (C=O) groups excluding carboxylic acids is 1. The van der Waals surface area contributed by atoms with Crippen LogP contribution in [0.3, 0.4) is 0 Å². The van der Waals surface area contributed by atoms with Crippen molar-refractivity contribution in [3.63, 3.8) is 0 Å². The molecular formula is C34H35Cl2FN6O3. The van der Waals surface area contributed by atoms with Crippen LogP contribution in [0.4, 0.5) is 15.9 Å². The number of pyridine rings is 2. The number of anilines is 2. The van der Waals surface area contributed by atoms with Crippen molar-refractivity contribution < 1.29 is 19.0 Å². The monoisotopic (exact) mass is 664 g/mol. The molecule has 4 N–H and O–H groups in total. The predicted molar refractivity (Wildman–Crippen MR) is 178 cm³/mol. The molecule has 2 aliphatic heterocycles. The highest BCUT2D eigenvalue weighted by atomic mass is 35.5. The summed E-state index contributed by atoms with van der Waals surface area (Å²) in [6, 6.07) is 14.8. The largest absolute Gasteiger partial charge is 0.496 e. The molecule has 2 fully saturated rings. The highest BCUT2D eigenvalue weighted by Gasteiger charge is 2.23. The predicted octanol–water partition coefficient (Wildman–Crippen LogP) is 5.94. The van der Waals surface area contributed by atoms with E-state index >= 15 is 4.39 Å². The second-order valence-corrected chi connectivity index (χ2v) is 12.3. The average molecular weight is 666 g/mol. The summed E-state index contributed by atoms with van der Waals surface area (Å²) in [4.78, 5) is 22.3. The van der Waals surface area contributed by atoms with Gasteiger partial charge in [0, 0.05) is 85.4 Å². The molecule has 9 nitrogen and oxygen atoms in total. The number of aromatic nitrogens is 2. The Morgan fingerprint density at radius 2 is 1.89 bits per heavy atom. The molecule has 12 heteroatoms. The van der Waals surface area contributed by atoms with Crippen molar-refractivity contribution in [2.24, 2.45) is 0 Å². The van der Waals surface area contributed by atoms with E-state index in [4.69, 9.17) is 27.9 Å². The van der Waals surface area contributed by atoms with Crippen LogP contribution in [-0.4, -0.2) is 64.8 Å². The molecule has 0 aliphatic carbocycles. The molecule has 6 rings (SSSR count). The Labute approximate surface area is 277 Å². The van der Waals surface area contributed by atoms with Gasteiger partial charge in [-0.1, -0.05) is 47.5 Å². The van der Waals surface area contributed by atoms with Crippen molar-refractivity contribution >= 4 is 40.6 Å². The number of methoxy groups -OCH3 is 1. The van der Waals surface area contributed by atoms with Gasteiger partial charge in [0.1, 0.15) is 5.75 Å². The number of halogens is 3. The van der Waals surface area contributed by atoms with Crippen LogP contribution in [0.15, 0.2) is 60.9 Å². The molecular weight excluding hydrogens is 630 g/mol. The van der Waals surface area contributed by atoms with Gasteiger partial charge in [0.25, 0.3) is 0 Å². The minimum atomic E-state index is -0.465. The van der Waals surface area contributed by atoms with Gasteiger partial charge >= 0.3 is 0 Å². The van der Waals surface area contributed by atoms with E-state index in [-0.39, 0.29) is 23.9 Å². The molecule has 46 heavy (non-hydrogen) atoms. The van der Waals surface area contributed by atoms with Crippen LogP contribution in [0.1, 0.15) is 30.4 Å². The summed E-state index contributed by atoms with van der Waals surface area (Å²) < 4.78 is 21.2. The summed E-state index contributed by atoms with van der Waals surface area (Å²) in [5.74, 6) is 0.377. The summed E-state index contributed by atoms with van der Waals surface area (Å²) in [6.07, 6.45) is 4.93. The second kappa shape index (κ2) is 14.3. The zero-order valence-corrected chi connectivity index (χ0v) is 26.8. The highest BCUT2D eigenvalue weighted by Crippen LogP contribution is 2.42. The molecule has 0 radical (unpaired) electrons. The van der Waals surface area contributed by atoms with Gasteiger partial charge in [0.2, 0.25) is 5.91 Å². The van der Waals surface area contributed by atoms with Gasteiger partial charge in [0.15, 0.2) is 11.6 Å². The van der Waals surface area contributed by atoms with Gasteiger partial charge in [-0.05, 0) is 37.1 Å². The molecule has 2 aromatic heterocycles. The van der Waals surface area contributed by atoms with Crippen molar-refractivity contribution in [1.29, 1.82) is 0 Å². The van der Waals surface area contributed by atoms with Crippen LogP contribution in [-0.2, 0) is 17.9 Å². The average Bonchev–Trinajstić information content (AvgIpc) is 3.67. The van der Waals surface area contributed by atoms with E-state index in [0.717, 1.165) is 17.5 Å². The number of benzene rings is 2. The zero-order valence-electron chi connectivity index (χ0n) is 25.3. The van der Waals surface area contributed by atoms with Crippen molar-refractivity contribution in [3.8, 4) is 28.1 Å². The summed E-state index contributed by atoms with van der Waals surface area (Å²) in [5, 5.41) is 20.0. The number of aliphatic hydroxyl groups is 1. The molecule has 4 heterocycles. The van der Waals surface area contributed by atoms with Crippen LogP contribution >= 0.6 is 23.2 Å². The minimum absolute atomic E-state index is 0.0625. The van der Waals surface area contributed by atoms with E-state index in [1.807, 2.05) is 35.2 Å². The number of nitrogens with zero attached hydrogens (tertiary/aromatic N) is 3. The summed E-state index contributed by atoms with van der Waals surface area (Å²) in [6.45, 7) is 2.87. The molecule has 2 aromatic carbocycles. The molecule has 240 valence electrons. The number of nitrogens with one attached hydrogen (secondary N) is 3. The fraction of sp³-hybridized carbons (Fsp3) is 0.324. The zero-order chi connectivity index (χ0) is 32.2. The molecule has 2 aliphatic rings. The number of carbonyl (C=O) groups is 1. The van der Waals surface area contributed by atoms with Crippen LogP contribution in [0.25, 0.3) is 22.4 Å². The Hall–Kier alpha value is -3.80. The maximum atomic E-state index is 15.5. The quantitative estimate of drug-likeness (QED) is 0.156. The SMILES string of the molecule is COc1cc(-c2nccc(-c3cccc(Nc4nccc(CN5CC[C@@H](O)C5)c4F)c3Cl)c2Cl)ccc1CNC[C@@H]1CCC(=O)N1. The Balaban J connectivity index is 1.21. The molecule has 0 unspecified atom stereocenters. The van der Waals surface area contributed by atoms with E-state index in [1.54, 1.807) is 37.7 Å². The van der Waals surface area contributed by atoms with E-state index in [2.05, 4.69) is 25.9 Å². The van der Waals surface area contributed by atoms with Crippen LogP contribution < -0.4 is 20.7 Å². The lowest BCUT2D eigenvalue weighted by Gasteiger charge is -2.18. The number of likely N-dealkylation sites (tertiary alicyclic amines) is 1. The topological polar surface area (TPSA) is 112 Å². The third-order valence-corrected chi connectivity index (χ3v) is 9.18. The lowest BCUT2D eigenvalue weighted by Crippen LogP contribution is -2.35. The lowest BCUT2D eigenvalue weighted by molar-refractivity contribution is -0.119. The lowest BCUT2D eigenvalue weighted by atomic mass is 10.0. The van der Waals surface area contributed by atoms with E-state index in [1.165, 1.54) is 0 Å². The number of β-amino-alcohol motifs (C(OH)–C–C–N with tert-alkyl or cyclic N) is 1. The van der Waals surface area contributed by atoms with Gasteiger partial charge in [-0.3, -0.25) is 14.7 Å². The summed E-state index contributed by atoms with van der Waals surface area (Å²) >= 11 is 13.9. The number of ether oxygens (including phenoxy) is 1. The van der Waals surface area contributed by atoms with Crippen molar-refractivity contribution in [3.05, 3.63) is 87.9 Å². The number of amides is 1. The van der Waals surface area contributed by atoms with Crippen LogP contribution in [0.5, 0.6) is 5.75 Å². The third-order valence-electron chi connectivity index (χ3n) is 8.39. The molecule has 4 aromatic rings. The summed E-state index contributed by atoms with van der Waals surface area (Å²) in [5.41, 5.74) is 4.58. The smallest absolute Gasteiger partial charge is 0.220 e. The van der Waals surface area contributed by atoms with Crippen molar-refractivity contribution in [2.45, 2.75) is 44.5 Å². The van der Waals surface area contributed by atoms with Gasteiger partial charge < -0.3 is 25.8 Å². The fourth-order valence-corrected chi connectivity index (χ4v) is 6.55. The molecule has 0 bridgehead atoms. The van der Waals surface area contributed by atoms with Crippen LogP contribution in [0.2, 0.25) is 10.0 Å². The fourth-order valence-electron chi connectivity index (χ4n) is 5.96. The van der Waals surface area contributed by atoms with Crippen molar-refractivity contribution in [2.75, 3.05) is 32.1 Å². The van der Waals surface area contributed by atoms with Gasteiger partial charge in [0.05, 0.1) is 34.6 Å². The van der Waals surface area contributed by atoms with Crippen LogP contribution in [0, 0.1) is 5.82 Å². The normalized spacial score (nSPS) is 18.2. The van der Waals surface area contributed by atoms with E-state index in [9.17, 15) is 9.90 Å². The number of aliphatic hydroxyl groups excluding tert-OH is 1. The van der Waals surface area contributed by atoms with Gasteiger partial charge in [-0.2, -0.15) is 0 Å². The maximum Gasteiger partial charge on any atom is 0.220 e. The van der Waals surface area contributed by atoms with Gasteiger partial charge in [-0.15, -0.1) is 0 Å². The first-order chi connectivity index (χ1) is 22.3. The second-order valence-electron chi connectivity index (χ2n) is 11.6. The Bertz CT molecular complexity index is 1740. The molecule has 0 spiro atoms. The Kier molecular flexibility index (Phi) is 10.0. The van der Waals surface area contributed by atoms with E-state index < -0.39 is 5.82 Å². The highest BCUT2D eigenvalue weighted by molar-refractivity contribution is 6.39. The van der Waals surface area contributed by atoms with Gasteiger partial charge in [-0.25, -0.2) is 9.37 Å². The maximum absolute atomic E-state index is 15.5. The summed E-state index contributed by atoms with van der Waals surface area (Å²) in [7, 11) is 1.62. The molecule has 2 saturated heterocycles. The third kappa shape index (κ3) is 7.11. The number of hydrogen-bond acceptors (Lipinski definition) is 8. The number of hydrogen-bond donors (Lipinski definition) is 4. The Morgan fingerprint density at radius 1 is 1.07 bits per heavy atom. The first kappa shape index (κ1) is 32.2.